The van der Waals surface area contributed by atoms with Crippen LogP contribution in [0.25, 0.3) is 5.69 Å². The Hall–Kier alpha value is -2.35. The Morgan fingerprint density at radius 1 is 1.06 bits per heavy atom. The van der Waals surface area contributed by atoms with Crippen molar-refractivity contribution in [2.75, 3.05) is 32.6 Å². The Balaban J connectivity index is 1.33. The SMILES string of the molecule is COc1cccc(-n2c(SC[C@@H]3CCCO3)nnc2C2CCN(Cc3cc(C)ccc3C)CC2)c1. The van der Waals surface area contributed by atoms with Crippen molar-refractivity contribution in [3.63, 3.8) is 0 Å². The lowest BCUT2D eigenvalue weighted by Gasteiger charge is -2.32. The van der Waals surface area contributed by atoms with E-state index in [0.29, 0.717) is 12.0 Å². The highest BCUT2D eigenvalue weighted by molar-refractivity contribution is 7.99. The highest BCUT2D eigenvalue weighted by Gasteiger charge is 2.28. The van der Waals surface area contributed by atoms with Gasteiger partial charge in [-0.2, -0.15) is 0 Å². The van der Waals surface area contributed by atoms with Crippen molar-refractivity contribution in [2.45, 2.75) is 63.3 Å². The number of hydrogen-bond acceptors (Lipinski definition) is 6. The molecule has 7 heteroatoms. The van der Waals surface area contributed by atoms with Crippen molar-refractivity contribution in [1.29, 1.82) is 0 Å². The molecule has 3 heterocycles. The Morgan fingerprint density at radius 2 is 1.91 bits per heavy atom. The molecule has 2 saturated heterocycles. The third-order valence-corrected chi connectivity index (χ3v) is 8.30. The van der Waals surface area contributed by atoms with Crippen LogP contribution in [0.15, 0.2) is 47.6 Å². The van der Waals surface area contributed by atoms with E-state index in [1.165, 1.54) is 16.7 Å². The molecule has 0 amide bonds. The summed E-state index contributed by atoms with van der Waals surface area (Å²) in [5.41, 5.74) is 5.22. The van der Waals surface area contributed by atoms with Gasteiger partial charge in [0.1, 0.15) is 11.6 Å². The third kappa shape index (κ3) is 5.74. The summed E-state index contributed by atoms with van der Waals surface area (Å²) < 4.78 is 13.6. The van der Waals surface area contributed by atoms with Gasteiger partial charge in [0.05, 0.1) is 18.9 Å². The van der Waals surface area contributed by atoms with Gasteiger partial charge in [-0.1, -0.05) is 41.6 Å². The molecule has 6 nitrogen and oxygen atoms in total. The maximum Gasteiger partial charge on any atom is 0.195 e. The van der Waals surface area contributed by atoms with Crippen molar-refractivity contribution in [3.8, 4) is 11.4 Å². The van der Waals surface area contributed by atoms with Crippen LogP contribution in [0.4, 0.5) is 0 Å². The summed E-state index contributed by atoms with van der Waals surface area (Å²) in [5.74, 6) is 3.22. The molecule has 0 aliphatic carbocycles. The lowest BCUT2D eigenvalue weighted by molar-refractivity contribution is 0.129. The summed E-state index contributed by atoms with van der Waals surface area (Å²) >= 11 is 1.76. The molecule has 0 unspecified atom stereocenters. The van der Waals surface area contributed by atoms with Crippen LogP contribution in [0.3, 0.4) is 0 Å². The minimum Gasteiger partial charge on any atom is -0.497 e. The monoisotopic (exact) mass is 492 g/mol. The second-order valence-electron chi connectivity index (χ2n) is 9.80. The summed E-state index contributed by atoms with van der Waals surface area (Å²) in [6, 6.07) is 15.0. The molecule has 35 heavy (non-hydrogen) atoms. The van der Waals surface area contributed by atoms with E-state index < -0.39 is 0 Å². The second kappa shape index (κ2) is 11.1. The van der Waals surface area contributed by atoms with Crippen molar-refractivity contribution in [3.05, 3.63) is 65.0 Å². The number of methoxy groups -OCH3 is 1. The van der Waals surface area contributed by atoms with E-state index in [1.807, 2.05) is 12.1 Å². The zero-order chi connectivity index (χ0) is 24.2. The Labute approximate surface area is 213 Å². The minimum absolute atomic E-state index is 0.312. The summed E-state index contributed by atoms with van der Waals surface area (Å²) in [7, 11) is 1.71. The van der Waals surface area contributed by atoms with Gasteiger partial charge < -0.3 is 9.47 Å². The topological polar surface area (TPSA) is 52.4 Å². The first-order valence-electron chi connectivity index (χ1n) is 12.7. The van der Waals surface area contributed by atoms with Gasteiger partial charge in [-0.15, -0.1) is 10.2 Å². The Morgan fingerprint density at radius 3 is 2.69 bits per heavy atom. The number of thioether (sulfide) groups is 1. The largest absolute Gasteiger partial charge is 0.497 e. The molecule has 2 fully saturated rings. The van der Waals surface area contributed by atoms with Gasteiger partial charge in [0, 0.05) is 30.9 Å². The highest BCUT2D eigenvalue weighted by atomic mass is 32.2. The van der Waals surface area contributed by atoms with E-state index in [0.717, 1.165) is 80.1 Å². The summed E-state index contributed by atoms with van der Waals surface area (Å²) in [6.45, 7) is 8.43. The fourth-order valence-corrected chi connectivity index (χ4v) is 6.16. The zero-order valence-electron chi connectivity index (χ0n) is 21.1. The highest BCUT2D eigenvalue weighted by Crippen LogP contribution is 2.34. The molecule has 0 N–H and O–H groups in total. The van der Waals surface area contributed by atoms with E-state index in [4.69, 9.17) is 14.6 Å². The molecule has 0 saturated carbocycles. The molecule has 0 bridgehead atoms. The van der Waals surface area contributed by atoms with Crippen LogP contribution in [0.1, 0.15) is 54.1 Å². The van der Waals surface area contributed by atoms with Crippen LogP contribution in [0.5, 0.6) is 5.75 Å². The summed E-state index contributed by atoms with van der Waals surface area (Å²) in [4.78, 5) is 2.58. The number of piperidine rings is 1. The average molecular weight is 493 g/mol. The van der Waals surface area contributed by atoms with Crippen molar-refractivity contribution in [1.82, 2.24) is 19.7 Å². The quantitative estimate of drug-likeness (QED) is 0.385. The first-order valence-corrected chi connectivity index (χ1v) is 13.7. The van der Waals surface area contributed by atoms with Crippen LogP contribution < -0.4 is 4.74 Å². The van der Waals surface area contributed by atoms with E-state index in [2.05, 4.69) is 58.7 Å². The van der Waals surface area contributed by atoms with Crippen LogP contribution in [-0.4, -0.2) is 58.3 Å². The maximum absolute atomic E-state index is 5.85. The normalized spacial score (nSPS) is 19.3. The second-order valence-corrected chi connectivity index (χ2v) is 10.8. The number of aromatic nitrogens is 3. The lowest BCUT2D eigenvalue weighted by Crippen LogP contribution is -2.33. The van der Waals surface area contributed by atoms with E-state index >= 15 is 0 Å². The molecular weight excluding hydrogens is 456 g/mol. The Kier molecular flexibility index (Phi) is 7.75. The summed E-state index contributed by atoms with van der Waals surface area (Å²) in [6.07, 6.45) is 4.77. The van der Waals surface area contributed by atoms with Gasteiger partial charge in [-0.3, -0.25) is 9.47 Å². The van der Waals surface area contributed by atoms with E-state index in [-0.39, 0.29) is 0 Å². The molecule has 2 aliphatic heterocycles. The number of likely N-dealkylation sites (tertiary alicyclic amines) is 1. The standard InChI is InChI=1S/C28H36N4O2S/c1-20-9-10-21(2)23(16-20)18-31-13-11-22(12-14-31)27-29-30-28(35-19-26-8-5-15-34-26)32(27)24-6-4-7-25(17-24)33-3/h4,6-7,9-10,16-17,22,26H,5,8,11-15,18-19H2,1-3H3/t26-/m0/s1. The smallest absolute Gasteiger partial charge is 0.195 e. The van der Waals surface area contributed by atoms with Crippen LogP contribution >= 0.6 is 11.8 Å². The first kappa shape index (κ1) is 24.3. The van der Waals surface area contributed by atoms with Crippen LogP contribution in [0, 0.1) is 13.8 Å². The third-order valence-electron chi connectivity index (χ3n) is 7.24. The van der Waals surface area contributed by atoms with Crippen LogP contribution in [0.2, 0.25) is 0 Å². The molecule has 3 aromatic rings. The van der Waals surface area contributed by atoms with Crippen molar-refractivity contribution >= 4 is 11.8 Å². The maximum atomic E-state index is 5.85. The van der Waals surface area contributed by atoms with Gasteiger partial charge in [-0.05, 0) is 75.9 Å². The van der Waals surface area contributed by atoms with Gasteiger partial charge in [0.15, 0.2) is 5.16 Å². The molecule has 0 spiro atoms. The minimum atomic E-state index is 0.312. The van der Waals surface area contributed by atoms with Crippen LogP contribution in [-0.2, 0) is 11.3 Å². The van der Waals surface area contributed by atoms with E-state index in [9.17, 15) is 0 Å². The summed E-state index contributed by atoms with van der Waals surface area (Å²) in [5, 5.41) is 10.3. The Bertz CT molecular complexity index is 1130. The zero-order valence-corrected chi connectivity index (χ0v) is 21.9. The number of nitrogens with zero attached hydrogens (tertiary/aromatic N) is 4. The van der Waals surface area contributed by atoms with E-state index in [1.54, 1.807) is 18.9 Å². The predicted octanol–water partition coefficient (Wildman–Crippen LogP) is 5.54. The first-order chi connectivity index (χ1) is 17.1. The number of hydrogen-bond donors (Lipinski definition) is 0. The molecule has 1 atom stereocenters. The molecule has 2 aromatic carbocycles. The molecular formula is C28H36N4O2S. The fraction of sp³-hybridized carbons (Fsp3) is 0.500. The van der Waals surface area contributed by atoms with Gasteiger partial charge >= 0.3 is 0 Å². The molecule has 2 aliphatic rings. The molecule has 5 rings (SSSR count). The number of rotatable bonds is 8. The molecule has 0 radical (unpaired) electrons. The number of benzene rings is 2. The fourth-order valence-electron chi connectivity index (χ4n) is 5.14. The van der Waals surface area contributed by atoms with Gasteiger partial charge in [0.25, 0.3) is 0 Å². The molecule has 186 valence electrons. The van der Waals surface area contributed by atoms with Crippen molar-refractivity contribution < 1.29 is 9.47 Å². The van der Waals surface area contributed by atoms with Crippen molar-refractivity contribution in [2.24, 2.45) is 0 Å². The number of aryl methyl sites for hydroxylation is 2. The van der Waals surface area contributed by atoms with Gasteiger partial charge in [0.2, 0.25) is 0 Å². The predicted molar refractivity (Wildman–Crippen MR) is 141 cm³/mol. The lowest BCUT2D eigenvalue weighted by atomic mass is 9.95. The number of ether oxygens (including phenoxy) is 2. The average Bonchev–Trinajstić information content (AvgIpc) is 3.55. The van der Waals surface area contributed by atoms with Gasteiger partial charge in [-0.25, -0.2) is 0 Å². The molecule has 1 aromatic heterocycles.